The van der Waals surface area contributed by atoms with Crippen molar-refractivity contribution >= 4 is 11.6 Å². The third-order valence-electron chi connectivity index (χ3n) is 2.87. The fraction of sp³-hybridized carbons (Fsp3) is 0.267. The van der Waals surface area contributed by atoms with Crippen molar-refractivity contribution in [1.82, 2.24) is 4.98 Å². The van der Waals surface area contributed by atoms with Crippen LogP contribution in [0, 0.1) is 6.92 Å². The van der Waals surface area contributed by atoms with E-state index < -0.39 is 0 Å². The van der Waals surface area contributed by atoms with Crippen molar-refractivity contribution < 1.29 is 4.74 Å². The van der Waals surface area contributed by atoms with Crippen molar-refractivity contribution in [2.24, 2.45) is 5.73 Å². The molecule has 0 unspecified atom stereocenters. The van der Waals surface area contributed by atoms with Crippen LogP contribution in [0.5, 0.6) is 11.5 Å². The summed E-state index contributed by atoms with van der Waals surface area (Å²) in [5.74, 6) is 1.50. The van der Waals surface area contributed by atoms with Crippen LogP contribution in [-0.2, 0) is 13.0 Å². The Kier molecular flexibility index (Phi) is 4.40. The number of hydrogen-bond donors (Lipinski definition) is 1. The molecule has 0 bridgehead atoms. The van der Waals surface area contributed by atoms with Gasteiger partial charge in [0.25, 0.3) is 0 Å². The molecule has 0 atom stereocenters. The van der Waals surface area contributed by atoms with Gasteiger partial charge >= 0.3 is 0 Å². The molecular weight excluding hydrogens is 260 g/mol. The van der Waals surface area contributed by atoms with Crippen LogP contribution in [0.3, 0.4) is 0 Å². The zero-order valence-electron chi connectivity index (χ0n) is 11.1. The Morgan fingerprint density at radius 1 is 1.21 bits per heavy atom. The minimum absolute atomic E-state index is 0.386. The third-order valence-corrected chi connectivity index (χ3v) is 3.10. The first-order valence-electron chi connectivity index (χ1n) is 6.27. The Labute approximate surface area is 118 Å². The van der Waals surface area contributed by atoms with Gasteiger partial charge < -0.3 is 10.5 Å². The number of ether oxygens (including phenoxy) is 1. The first-order chi connectivity index (χ1) is 9.13. The van der Waals surface area contributed by atoms with Gasteiger partial charge in [0, 0.05) is 22.8 Å². The fourth-order valence-corrected chi connectivity index (χ4v) is 2.06. The zero-order chi connectivity index (χ0) is 13.8. The van der Waals surface area contributed by atoms with Crippen LogP contribution in [0.2, 0.25) is 5.02 Å². The van der Waals surface area contributed by atoms with Gasteiger partial charge in [0.2, 0.25) is 0 Å². The Morgan fingerprint density at radius 2 is 1.95 bits per heavy atom. The van der Waals surface area contributed by atoms with E-state index in [1.807, 2.05) is 31.2 Å². The Morgan fingerprint density at radius 3 is 2.63 bits per heavy atom. The molecule has 0 saturated heterocycles. The number of nitrogens with two attached hydrogens (primary N) is 1. The van der Waals surface area contributed by atoms with Crippen LogP contribution >= 0.6 is 11.6 Å². The predicted molar refractivity (Wildman–Crippen MR) is 77.8 cm³/mol. The molecule has 0 aliphatic carbocycles. The van der Waals surface area contributed by atoms with E-state index in [1.165, 1.54) is 0 Å². The minimum atomic E-state index is 0.386. The molecule has 2 N–H and O–H groups in total. The van der Waals surface area contributed by atoms with Crippen molar-refractivity contribution in [3.05, 3.63) is 52.3 Å². The SMILES string of the molecule is CCc1nc(C)ccc1Oc1ccc(Cl)cc1CN. The van der Waals surface area contributed by atoms with Gasteiger partial charge in [-0.2, -0.15) is 0 Å². The highest BCUT2D eigenvalue weighted by Gasteiger charge is 2.09. The molecule has 1 aromatic heterocycles. The summed E-state index contributed by atoms with van der Waals surface area (Å²) in [5.41, 5.74) is 8.53. The topological polar surface area (TPSA) is 48.1 Å². The van der Waals surface area contributed by atoms with Crippen LogP contribution in [0.1, 0.15) is 23.9 Å². The molecule has 0 saturated carbocycles. The lowest BCUT2D eigenvalue weighted by Gasteiger charge is -2.13. The van der Waals surface area contributed by atoms with E-state index in [2.05, 4.69) is 11.9 Å². The zero-order valence-corrected chi connectivity index (χ0v) is 11.9. The van der Waals surface area contributed by atoms with Gasteiger partial charge in [-0.15, -0.1) is 0 Å². The molecule has 2 aromatic rings. The Hall–Kier alpha value is -1.58. The molecule has 4 heteroatoms. The maximum atomic E-state index is 5.95. The van der Waals surface area contributed by atoms with Gasteiger partial charge in [-0.1, -0.05) is 18.5 Å². The average Bonchev–Trinajstić information content (AvgIpc) is 2.42. The number of benzene rings is 1. The van der Waals surface area contributed by atoms with Crippen LogP contribution < -0.4 is 10.5 Å². The van der Waals surface area contributed by atoms with Crippen molar-refractivity contribution in [2.45, 2.75) is 26.8 Å². The second-order valence-electron chi connectivity index (χ2n) is 4.31. The molecule has 0 aliphatic rings. The highest BCUT2D eigenvalue weighted by Crippen LogP contribution is 2.29. The first-order valence-corrected chi connectivity index (χ1v) is 6.64. The second kappa shape index (κ2) is 6.04. The first kappa shape index (κ1) is 13.8. The van der Waals surface area contributed by atoms with Gasteiger partial charge in [0.15, 0.2) is 0 Å². The lowest BCUT2D eigenvalue weighted by molar-refractivity contribution is 0.467. The number of aryl methyl sites for hydroxylation is 2. The largest absolute Gasteiger partial charge is 0.455 e. The maximum absolute atomic E-state index is 5.95. The highest BCUT2D eigenvalue weighted by atomic mass is 35.5. The van der Waals surface area contributed by atoms with E-state index in [4.69, 9.17) is 22.1 Å². The van der Waals surface area contributed by atoms with Crippen LogP contribution in [0.4, 0.5) is 0 Å². The number of nitrogens with zero attached hydrogens (tertiary/aromatic N) is 1. The van der Waals surface area contributed by atoms with E-state index in [1.54, 1.807) is 6.07 Å². The summed E-state index contributed by atoms with van der Waals surface area (Å²) in [6.07, 6.45) is 0.822. The molecule has 0 amide bonds. The lowest BCUT2D eigenvalue weighted by atomic mass is 10.2. The van der Waals surface area contributed by atoms with Crippen molar-refractivity contribution in [3.63, 3.8) is 0 Å². The standard InChI is InChI=1S/C15H17ClN2O/c1-3-13-15(6-4-10(2)18-13)19-14-7-5-12(16)8-11(14)9-17/h4-8H,3,9,17H2,1-2H3. The van der Waals surface area contributed by atoms with E-state index in [9.17, 15) is 0 Å². The molecule has 3 nitrogen and oxygen atoms in total. The molecule has 1 heterocycles. The Bertz CT molecular complexity index is 533. The fourth-order valence-electron chi connectivity index (χ4n) is 1.87. The second-order valence-corrected chi connectivity index (χ2v) is 4.75. The number of halogens is 1. The number of hydrogen-bond acceptors (Lipinski definition) is 3. The quantitative estimate of drug-likeness (QED) is 0.922. The smallest absolute Gasteiger partial charge is 0.148 e. The van der Waals surface area contributed by atoms with Gasteiger partial charge in [0.1, 0.15) is 11.5 Å². The summed E-state index contributed by atoms with van der Waals surface area (Å²) in [5, 5.41) is 0.658. The summed E-state index contributed by atoms with van der Waals surface area (Å²) in [6.45, 7) is 4.41. The third kappa shape index (κ3) is 3.25. The predicted octanol–water partition coefficient (Wildman–Crippen LogP) is 3.86. The highest BCUT2D eigenvalue weighted by molar-refractivity contribution is 6.30. The van der Waals surface area contributed by atoms with Crippen molar-refractivity contribution in [3.8, 4) is 11.5 Å². The van der Waals surface area contributed by atoms with Gasteiger partial charge in [-0.3, -0.25) is 4.98 Å². The monoisotopic (exact) mass is 276 g/mol. The van der Waals surface area contributed by atoms with Gasteiger partial charge in [0.05, 0.1) is 5.69 Å². The lowest BCUT2D eigenvalue weighted by Crippen LogP contribution is -2.01. The average molecular weight is 277 g/mol. The van der Waals surface area contributed by atoms with E-state index in [0.29, 0.717) is 11.6 Å². The number of aromatic nitrogens is 1. The Balaban J connectivity index is 2.36. The molecule has 0 fully saturated rings. The molecule has 100 valence electrons. The molecular formula is C15H17ClN2O. The summed E-state index contributed by atoms with van der Waals surface area (Å²) >= 11 is 5.95. The minimum Gasteiger partial charge on any atom is -0.455 e. The molecule has 19 heavy (non-hydrogen) atoms. The van der Waals surface area contributed by atoms with Crippen LogP contribution in [0.25, 0.3) is 0 Å². The summed E-state index contributed by atoms with van der Waals surface area (Å²) in [7, 11) is 0. The van der Waals surface area contributed by atoms with Crippen LogP contribution in [-0.4, -0.2) is 4.98 Å². The number of pyridine rings is 1. The molecule has 0 aliphatic heterocycles. The van der Waals surface area contributed by atoms with Gasteiger partial charge in [-0.25, -0.2) is 0 Å². The van der Waals surface area contributed by atoms with Crippen molar-refractivity contribution in [1.29, 1.82) is 0 Å². The molecule has 0 radical (unpaired) electrons. The number of rotatable bonds is 4. The van der Waals surface area contributed by atoms with E-state index in [-0.39, 0.29) is 0 Å². The van der Waals surface area contributed by atoms with E-state index >= 15 is 0 Å². The summed E-state index contributed by atoms with van der Waals surface area (Å²) in [4.78, 5) is 4.48. The molecule has 0 spiro atoms. The van der Waals surface area contributed by atoms with E-state index in [0.717, 1.165) is 34.9 Å². The van der Waals surface area contributed by atoms with Gasteiger partial charge in [-0.05, 0) is 43.7 Å². The van der Waals surface area contributed by atoms with Crippen molar-refractivity contribution in [2.75, 3.05) is 0 Å². The molecule has 2 rings (SSSR count). The molecule has 1 aromatic carbocycles. The van der Waals surface area contributed by atoms with Crippen LogP contribution in [0.15, 0.2) is 30.3 Å². The summed E-state index contributed by atoms with van der Waals surface area (Å²) in [6, 6.07) is 9.33. The summed E-state index contributed by atoms with van der Waals surface area (Å²) < 4.78 is 5.93. The maximum Gasteiger partial charge on any atom is 0.148 e. The normalized spacial score (nSPS) is 10.5.